The molecular weight excluding hydrogens is 460 g/mol. The molecule has 0 aliphatic heterocycles. The van der Waals surface area contributed by atoms with Crippen LogP contribution in [0.5, 0.6) is 0 Å². The Hall–Kier alpha value is -2.04. The van der Waals surface area contributed by atoms with E-state index in [2.05, 4.69) is 10.6 Å². The van der Waals surface area contributed by atoms with E-state index < -0.39 is 0 Å². The Labute approximate surface area is 221 Å². The number of hydrogen-bond acceptors (Lipinski definition) is 4. The van der Waals surface area contributed by atoms with Crippen molar-refractivity contribution in [1.29, 1.82) is 0 Å². The van der Waals surface area contributed by atoms with Gasteiger partial charge in [-0.1, -0.05) is 25.0 Å². The van der Waals surface area contributed by atoms with Crippen LogP contribution in [-0.4, -0.2) is 26.0 Å². The summed E-state index contributed by atoms with van der Waals surface area (Å²) in [7, 11) is 3.52. The van der Waals surface area contributed by atoms with E-state index in [1.54, 1.807) is 7.11 Å². The number of rotatable bonds is 5. The number of para-hydroxylation sites is 2. The number of esters is 1. The average Bonchev–Trinajstić information content (AvgIpc) is 3.18. The highest BCUT2D eigenvalue weighted by Gasteiger charge is 2.71. The maximum Gasteiger partial charge on any atom is 0.312 e. The number of ether oxygens (including phenoxy) is 1. The quantitative estimate of drug-likeness (QED) is 0.441. The summed E-state index contributed by atoms with van der Waals surface area (Å²) in [6.07, 6.45) is 15.8. The summed E-state index contributed by atoms with van der Waals surface area (Å²) in [6, 6.07) is 8.01. The number of hydrogen-bond donors (Lipinski definition) is 2. The van der Waals surface area contributed by atoms with E-state index in [4.69, 9.17) is 4.74 Å². The monoisotopic (exact) mass is 504 g/mol. The molecule has 0 radical (unpaired) electrons. The van der Waals surface area contributed by atoms with E-state index in [1.165, 1.54) is 57.8 Å². The number of anilines is 2. The van der Waals surface area contributed by atoms with Crippen LogP contribution in [0.1, 0.15) is 83.5 Å². The zero-order chi connectivity index (χ0) is 25.4. The molecule has 6 fully saturated rings. The minimum atomic E-state index is -0.220. The van der Waals surface area contributed by atoms with Crippen molar-refractivity contribution in [2.45, 2.75) is 83.5 Å². The van der Waals surface area contributed by atoms with Gasteiger partial charge in [-0.2, -0.15) is 0 Å². The second kappa shape index (κ2) is 8.48. The highest BCUT2D eigenvalue weighted by molar-refractivity contribution is 5.95. The van der Waals surface area contributed by atoms with Crippen LogP contribution in [0.4, 0.5) is 11.4 Å². The Balaban J connectivity index is 1.15. The Bertz CT molecular complexity index is 1100. The van der Waals surface area contributed by atoms with Gasteiger partial charge in [-0.3, -0.25) is 9.59 Å². The molecule has 2 N–H and O–H groups in total. The first-order valence-electron chi connectivity index (χ1n) is 15.1. The van der Waals surface area contributed by atoms with E-state index in [-0.39, 0.29) is 23.2 Å². The Morgan fingerprint density at radius 2 is 1.65 bits per heavy atom. The summed E-state index contributed by atoms with van der Waals surface area (Å²) in [4.78, 5) is 26.9. The molecule has 0 saturated heterocycles. The lowest BCUT2D eigenvalue weighted by molar-refractivity contribution is -0.156. The van der Waals surface area contributed by atoms with Gasteiger partial charge in [-0.05, 0) is 123 Å². The Kier molecular flexibility index (Phi) is 5.51. The average molecular weight is 505 g/mol. The lowest BCUT2D eigenvalue weighted by Gasteiger charge is -2.55. The van der Waals surface area contributed by atoms with Gasteiger partial charge in [-0.25, -0.2) is 0 Å². The molecule has 9 unspecified atom stereocenters. The molecular formula is C32H44N2O3. The number of nitrogens with one attached hydrogen (secondary N) is 2. The predicted octanol–water partition coefficient (Wildman–Crippen LogP) is 6.65. The van der Waals surface area contributed by atoms with Crippen molar-refractivity contribution < 1.29 is 14.3 Å². The van der Waals surface area contributed by atoms with Gasteiger partial charge in [-0.15, -0.1) is 0 Å². The van der Waals surface area contributed by atoms with Crippen molar-refractivity contribution in [3.05, 3.63) is 24.3 Å². The summed E-state index contributed by atoms with van der Waals surface area (Å²) in [5.74, 6) is 3.83. The zero-order valence-electron chi connectivity index (χ0n) is 22.7. The molecule has 1 amide bonds. The van der Waals surface area contributed by atoms with Gasteiger partial charge in [0.2, 0.25) is 5.91 Å². The van der Waals surface area contributed by atoms with Crippen molar-refractivity contribution in [3.8, 4) is 0 Å². The highest BCUT2D eigenvalue weighted by atomic mass is 16.5. The maximum atomic E-state index is 13.5. The van der Waals surface area contributed by atoms with Gasteiger partial charge in [0.25, 0.3) is 0 Å². The van der Waals surface area contributed by atoms with Crippen molar-refractivity contribution in [3.63, 3.8) is 0 Å². The molecule has 9 atom stereocenters. The van der Waals surface area contributed by atoms with Gasteiger partial charge >= 0.3 is 5.97 Å². The van der Waals surface area contributed by atoms with E-state index in [0.717, 1.165) is 48.9 Å². The molecule has 5 nitrogen and oxygen atoms in total. The zero-order valence-corrected chi connectivity index (χ0v) is 22.7. The SMILES string of the molecule is CNc1ccccc1NC(=O)C1CC2CC3CC(C45CC6CCCC(C(=O)OC)(C4)C(C6)C5)(C2)CC3C1. The lowest BCUT2D eigenvalue weighted by atomic mass is 9.50. The molecule has 1 aromatic carbocycles. The summed E-state index contributed by atoms with van der Waals surface area (Å²) >= 11 is 0. The van der Waals surface area contributed by atoms with Crippen molar-refractivity contribution in [1.82, 2.24) is 0 Å². The maximum absolute atomic E-state index is 13.5. The minimum absolute atomic E-state index is 0.0995. The molecule has 6 saturated carbocycles. The Morgan fingerprint density at radius 3 is 2.43 bits per heavy atom. The molecule has 37 heavy (non-hydrogen) atoms. The first kappa shape index (κ1) is 24.0. The van der Waals surface area contributed by atoms with Crippen LogP contribution in [0.3, 0.4) is 0 Å². The van der Waals surface area contributed by atoms with Crippen LogP contribution in [-0.2, 0) is 14.3 Å². The molecule has 0 spiro atoms. The van der Waals surface area contributed by atoms with E-state index in [0.29, 0.717) is 28.6 Å². The van der Waals surface area contributed by atoms with Gasteiger partial charge in [0, 0.05) is 13.0 Å². The van der Waals surface area contributed by atoms with E-state index in [9.17, 15) is 9.59 Å². The van der Waals surface area contributed by atoms with Crippen molar-refractivity contribution in [2.75, 3.05) is 24.8 Å². The Morgan fingerprint density at radius 1 is 0.892 bits per heavy atom. The molecule has 0 aromatic heterocycles. The highest BCUT2D eigenvalue weighted by Crippen LogP contribution is 2.78. The number of carbonyl (C=O) groups excluding carboxylic acids is 2. The number of methoxy groups -OCH3 is 1. The fourth-order valence-electron chi connectivity index (χ4n) is 11.5. The molecule has 6 aliphatic carbocycles. The van der Waals surface area contributed by atoms with Crippen LogP contribution < -0.4 is 10.6 Å². The summed E-state index contributed by atoms with van der Waals surface area (Å²) < 4.78 is 5.52. The van der Waals surface area contributed by atoms with Gasteiger partial charge < -0.3 is 15.4 Å². The fraction of sp³-hybridized carbons (Fsp3) is 0.750. The van der Waals surface area contributed by atoms with Crippen LogP contribution in [0.15, 0.2) is 24.3 Å². The number of benzene rings is 1. The molecule has 6 bridgehead atoms. The van der Waals surface area contributed by atoms with Crippen molar-refractivity contribution in [2.24, 2.45) is 51.8 Å². The topological polar surface area (TPSA) is 67.4 Å². The largest absolute Gasteiger partial charge is 0.469 e. The van der Waals surface area contributed by atoms with Crippen LogP contribution >= 0.6 is 0 Å². The van der Waals surface area contributed by atoms with Crippen LogP contribution in [0.25, 0.3) is 0 Å². The molecule has 1 aromatic rings. The number of carbonyl (C=O) groups is 2. The second-order valence-electron chi connectivity index (χ2n) is 14.2. The third-order valence-electron chi connectivity index (χ3n) is 12.6. The summed E-state index contributed by atoms with van der Waals surface area (Å²) in [5.41, 5.74) is 2.35. The summed E-state index contributed by atoms with van der Waals surface area (Å²) in [5, 5.41) is 6.48. The number of fused-ring (bicyclic) bond motifs is 5. The fourth-order valence-corrected chi connectivity index (χ4v) is 11.5. The van der Waals surface area contributed by atoms with Gasteiger partial charge in [0.15, 0.2) is 0 Å². The van der Waals surface area contributed by atoms with Gasteiger partial charge in [0.1, 0.15) is 0 Å². The smallest absolute Gasteiger partial charge is 0.312 e. The van der Waals surface area contributed by atoms with Crippen LogP contribution in [0, 0.1) is 51.8 Å². The predicted molar refractivity (Wildman–Crippen MR) is 145 cm³/mol. The molecule has 7 rings (SSSR count). The first-order chi connectivity index (χ1) is 17.9. The summed E-state index contributed by atoms with van der Waals surface area (Å²) in [6.45, 7) is 0. The van der Waals surface area contributed by atoms with Crippen molar-refractivity contribution >= 4 is 23.3 Å². The lowest BCUT2D eigenvalue weighted by Crippen LogP contribution is -2.46. The van der Waals surface area contributed by atoms with Gasteiger partial charge in [0.05, 0.1) is 23.9 Å². The third kappa shape index (κ3) is 3.47. The number of amides is 1. The van der Waals surface area contributed by atoms with E-state index in [1.807, 2.05) is 31.3 Å². The molecule has 5 heteroatoms. The molecule has 0 heterocycles. The molecule has 200 valence electrons. The third-order valence-corrected chi connectivity index (χ3v) is 12.6. The second-order valence-corrected chi connectivity index (χ2v) is 14.2. The first-order valence-corrected chi connectivity index (χ1v) is 15.1. The normalized spacial score (nSPS) is 45.2. The minimum Gasteiger partial charge on any atom is -0.469 e. The standard InChI is InChI=1S/C32H44N2O3/c1-33-26-7-3-4-8-27(26)34-28(35)22-10-21-11-23-16-30(15-21,17-24(23)13-22)31-14-20-6-5-9-32(19-31,29(36)37-2)25(12-20)18-31/h3-4,7-8,20-25,33H,5-6,9-19H2,1-2H3,(H,34,35). The molecule has 6 aliphatic rings. The van der Waals surface area contributed by atoms with E-state index >= 15 is 0 Å². The van der Waals surface area contributed by atoms with Crippen LogP contribution in [0.2, 0.25) is 0 Å².